The number of hydrogen-bond donors (Lipinski definition) is 0. The third-order valence-electron chi connectivity index (χ3n) is 8.02. The molecular formula is C27H30N+. The Balaban J connectivity index is 1.49. The largest absolute Gasteiger partial charge is 0.220 e. The predicted octanol–water partition coefficient (Wildman–Crippen LogP) is 6.03. The summed E-state index contributed by atoms with van der Waals surface area (Å²) in [6, 6.07) is 14.6. The van der Waals surface area contributed by atoms with Gasteiger partial charge in [-0.2, -0.15) is 0 Å². The predicted molar refractivity (Wildman–Crippen MR) is 116 cm³/mol. The number of aryl methyl sites for hydroxylation is 4. The summed E-state index contributed by atoms with van der Waals surface area (Å²) in [6.45, 7) is 2.29. The highest BCUT2D eigenvalue weighted by molar-refractivity contribution is 5.94. The molecule has 3 aromatic rings. The molecule has 1 aromatic heterocycles. The second kappa shape index (κ2) is 6.17. The minimum absolute atomic E-state index is 0.808. The minimum atomic E-state index is 0.808. The number of nitrogens with zero attached hydrogens (tertiary/aromatic N) is 1. The number of hydrogen-bond acceptors (Lipinski definition) is 0. The molecule has 0 radical (unpaired) electrons. The first kappa shape index (κ1) is 16.8. The van der Waals surface area contributed by atoms with E-state index in [0.717, 1.165) is 17.8 Å². The van der Waals surface area contributed by atoms with E-state index in [4.69, 9.17) is 0 Å². The van der Waals surface area contributed by atoms with Gasteiger partial charge in [0.2, 0.25) is 5.69 Å². The molecule has 142 valence electrons. The smallest absolute Gasteiger partial charge is 0.200 e. The molecule has 0 aliphatic heterocycles. The summed E-state index contributed by atoms with van der Waals surface area (Å²) in [7, 11) is 2.20. The molecule has 1 heterocycles. The van der Waals surface area contributed by atoms with Crippen molar-refractivity contribution < 1.29 is 4.57 Å². The molecule has 28 heavy (non-hydrogen) atoms. The summed E-state index contributed by atoms with van der Waals surface area (Å²) in [5.74, 6) is 2.76. The molecule has 3 unspecified atom stereocenters. The van der Waals surface area contributed by atoms with E-state index in [-0.39, 0.29) is 0 Å². The zero-order valence-electron chi connectivity index (χ0n) is 17.2. The van der Waals surface area contributed by atoms with Gasteiger partial charge >= 0.3 is 0 Å². The second-order valence-electron chi connectivity index (χ2n) is 9.69. The average Bonchev–Trinajstić information content (AvgIpc) is 3.44. The van der Waals surface area contributed by atoms with Crippen LogP contribution in [0.3, 0.4) is 0 Å². The highest BCUT2D eigenvalue weighted by atomic mass is 14.9. The van der Waals surface area contributed by atoms with Crippen molar-refractivity contribution in [1.82, 2.24) is 0 Å². The first-order chi connectivity index (χ1) is 13.7. The lowest BCUT2D eigenvalue weighted by molar-refractivity contribution is -0.659. The number of pyridine rings is 1. The molecule has 1 heteroatoms. The van der Waals surface area contributed by atoms with Gasteiger partial charge in [0.1, 0.15) is 7.05 Å². The van der Waals surface area contributed by atoms with Crippen LogP contribution in [0.1, 0.15) is 60.3 Å². The minimum Gasteiger partial charge on any atom is -0.200 e. The van der Waals surface area contributed by atoms with Crippen molar-refractivity contribution >= 4 is 10.8 Å². The second-order valence-corrected chi connectivity index (χ2v) is 9.69. The van der Waals surface area contributed by atoms with Gasteiger partial charge in [0, 0.05) is 11.6 Å². The zero-order valence-corrected chi connectivity index (χ0v) is 17.2. The van der Waals surface area contributed by atoms with E-state index in [0.29, 0.717) is 0 Å². The van der Waals surface area contributed by atoms with Crippen LogP contribution in [0.2, 0.25) is 0 Å². The summed E-state index contributed by atoms with van der Waals surface area (Å²) in [5, 5.41) is 2.81. The molecule has 0 saturated heterocycles. The van der Waals surface area contributed by atoms with E-state index in [1.165, 1.54) is 72.5 Å². The van der Waals surface area contributed by atoms with Crippen LogP contribution in [0, 0.1) is 18.8 Å². The lowest BCUT2D eigenvalue weighted by Crippen LogP contribution is -2.30. The van der Waals surface area contributed by atoms with Gasteiger partial charge in [0.25, 0.3) is 0 Å². The van der Waals surface area contributed by atoms with Crippen LogP contribution in [0.4, 0.5) is 0 Å². The zero-order chi connectivity index (χ0) is 18.8. The van der Waals surface area contributed by atoms with Crippen molar-refractivity contribution in [3.63, 3.8) is 0 Å². The van der Waals surface area contributed by atoms with Gasteiger partial charge in [-0.05, 0) is 103 Å². The maximum Gasteiger partial charge on any atom is 0.220 e. The fraction of sp³-hybridized carbons (Fsp3) is 0.444. The molecule has 0 N–H and O–H groups in total. The lowest BCUT2D eigenvalue weighted by atomic mass is 9.82. The van der Waals surface area contributed by atoms with Gasteiger partial charge < -0.3 is 0 Å². The Labute approximate surface area is 168 Å². The molecule has 3 aliphatic carbocycles. The summed E-state index contributed by atoms with van der Waals surface area (Å²) in [5.41, 5.74) is 8.94. The van der Waals surface area contributed by atoms with Crippen molar-refractivity contribution in [3.8, 4) is 11.3 Å². The van der Waals surface area contributed by atoms with Crippen molar-refractivity contribution in [2.75, 3.05) is 0 Å². The quantitative estimate of drug-likeness (QED) is 0.486. The fourth-order valence-electron chi connectivity index (χ4n) is 6.61. The van der Waals surface area contributed by atoms with Crippen molar-refractivity contribution in [2.24, 2.45) is 18.9 Å². The number of aromatic nitrogens is 1. The van der Waals surface area contributed by atoms with E-state index in [9.17, 15) is 0 Å². The Hall–Kier alpha value is -2.15. The van der Waals surface area contributed by atoms with E-state index in [1.54, 1.807) is 16.7 Å². The SMILES string of the molecule is Cc1cc2c(cc1-c1c3ccc(C4CC5CCC4C5)cc3cc[n+]1C)CCC2. The molecule has 1 nitrogen and oxygen atoms in total. The molecule has 2 aromatic carbocycles. The van der Waals surface area contributed by atoms with Crippen LogP contribution in [0.25, 0.3) is 22.0 Å². The van der Waals surface area contributed by atoms with Crippen LogP contribution in [-0.2, 0) is 19.9 Å². The van der Waals surface area contributed by atoms with E-state index in [1.807, 2.05) is 0 Å². The summed E-state index contributed by atoms with van der Waals surface area (Å²) >= 11 is 0. The monoisotopic (exact) mass is 368 g/mol. The topological polar surface area (TPSA) is 3.88 Å². The maximum atomic E-state index is 2.51. The number of benzene rings is 2. The molecular weight excluding hydrogens is 338 g/mol. The normalized spacial score (nSPS) is 25.6. The maximum absolute atomic E-state index is 2.51. The molecule has 2 fully saturated rings. The van der Waals surface area contributed by atoms with E-state index < -0.39 is 0 Å². The standard InChI is InChI=1S/C27H30N/c1-17-12-19-4-3-5-20(19)16-25(17)27-24-9-8-22(15-23(24)10-11-28(27)2)26-14-18-6-7-21(26)13-18/h8-12,15-16,18,21,26H,3-7,13-14H2,1-2H3/q+1. The Morgan fingerprint density at radius 1 is 0.929 bits per heavy atom. The lowest BCUT2D eigenvalue weighted by Gasteiger charge is -2.22. The van der Waals surface area contributed by atoms with Gasteiger partial charge in [-0.3, -0.25) is 0 Å². The van der Waals surface area contributed by atoms with Gasteiger partial charge in [-0.25, -0.2) is 4.57 Å². The van der Waals surface area contributed by atoms with Gasteiger partial charge in [0.05, 0.1) is 5.39 Å². The van der Waals surface area contributed by atoms with E-state index >= 15 is 0 Å². The molecule has 0 spiro atoms. The third kappa shape index (κ3) is 2.48. The summed E-state index contributed by atoms with van der Waals surface area (Å²) in [4.78, 5) is 0. The van der Waals surface area contributed by atoms with Gasteiger partial charge in [0.15, 0.2) is 6.20 Å². The Morgan fingerprint density at radius 3 is 2.57 bits per heavy atom. The van der Waals surface area contributed by atoms with Gasteiger partial charge in [-0.1, -0.05) is 24.6 Å². The van der Waals surface area contributed by atoms with E-state index in [2.05, 4.69) is 61.1 Å². The number of fused-ring (bicyclic) bond motifs is 4. The average molecular weight is 369 g/mol. The molecule has 3 atom stereocenters. The van der Waals surface area contributed by atoms with Crippen LogP contribution in [0.5, 0.6) is 0 Å². The molecule has 2 bridgehead atoms. The Kier molecular flexibility index (Phi) is 3.70. The molecule has 2 saturated carbocycles. The van der Waals surface area contributed by atoms with Crippen molar-refractivity contribution in [3.05, 3.63) is 64.8 Å². The fourth-order valence-corrected chi connectivity index (χ4v) is 6.61. The molecule has 6 rings (SSSR count). The summed E-state index contributed by atoms with van der Waals surface area (Å²) in [6.07, 6.45) is 11.9. The number of rotatable bonds is 2. The van der Waals surface area contributed by atoms with Crippen LogP contribution in [0.15, 0.2) is 42.6 Å². The highest BCUT2D eigenvalue weighted by Gasteiger charge is 2.40. The van der Waals surface area contributed by atoms with Crippen molar-refractivity contribution in [2.45, 2.75) is 57.8 Å². The van der Waals surface area contributed by atoms with Crippen LogP contribution >= 0.6 is 0 Å². The highest BCUT2D eigenvalue weighted by Crippen LogP contribution is 2.53. The molecule has 0 amide bonds. The Morgan fingerprint density at radius 2 is 1.79 bits per heavy atom. The van der Waals surface area contributed by atoms with Crippen LogP contribution in [-0.4, -0.2) is 0 Å². The van der Waals surface area contributed by atoms with Crippen LogP contribution < -0.4 is 4.57 Å². The first-order valence-corrected chi connectivity index (χ1v) is 11.2. The van der Waals surface area contributed by atoms with Crippen molar-refractivity contribution in [1.29, 1.82) is 0 Å². The first-order valence-electron chi connectivity index (χ1n) is 11.2. The van der Waals surface area contributed by atoms with Gasteiger partial charge in [-0.15, -0.1) is 0 Å². The molecule has 3 aliphatic rings. The Bertz CT molecular complexity index is 1090. The third-order valence-corrected chi connectivity index (χ3v) is 8.02. The summed E-state index contributed by atoms with van der Waals surface area (Å²) < 4.78 is 2.32.